The molecule has 0 bridgehead atoms. The Balaban J connectivity index is 0.000000237. The summed E-state index contributed by atoms with van der Waals surface area (Å²) in [6.07, 6.45) is 13.4. The van der Waals surface area contributed by atoms with E-state index in [0.29, 0.717) is 28.6 Å². The van der Waals surface area contributed by atoms with Gasteiger partial charge in [0.25, 0.3) is 0 Å². The van der Waals surface area contributed by atoms with Crippen LogP contribution in [0.4, 0.5) is 5.69 Å². The molecule has 52 heavy (non-hydrogen) atoms. The number of para-hydroxylation sites is 1. The average molecular weight is 879 g/mol. The molecular formula is C46H60IrN3O2. The second-order valence-corrected chi connectivity index (χ2v) is 17.1. The van der Waals surface area contributed by atoms with E-state index in [2.05, 4.69) is 104 Å². The maximum atomic E-state index is 8.56. The number of rotatable bonds is 5. The van der Waals surface area contributed by atoms with Gasteiger partial charge in [0.15, 0.2) is 0 Å². The molecule has 2 heterocycles. The molecule has 3 aliphatic rings. The summed E-state index contributed by atoms with van der Waals surface area (Å²) in [4.78, 5) is 8.82. The van der Waals surface area contributed by atoms with Crippen molar-refractivity contribution in [3.8, 4) is 11.3 Å². The van der Waals surface area contributed by atoms with E-state index in [0.717, 1.165) is 16.9 Å². The number of hydrogen-bond donors (Lipinski definition) is 2. The molecule has 280 valence electrons. The van der Waals surface area contributed by atoms with E-state index in [9.17, 15) is 0 Å². The van der Waals surface area contributed by atoms with Gasteiger partial charge in [-0.2, -0.15) is 37.0 Å². The first-order valence-electron chi connectivity index (χ1n) is 18.9. The van der Waals surface area contributed by atoms with Crippen LogP contribution in [0.15, 0.2) is 90.9 Å². The van der Waals surface area contributed by atoms with Crippen LogP contribution in [0.3, 0.4) is 0 Å². The molecule has 2 N–H and O–H groups in total. The summed E-state index contributed by atoms with van der Waals surface area (Å²) in [5.41, 5.74) is 7.47. The van der Waals surface area contributed by atoms with E-state index in [4.69, 9.17) is 10.2 Å². The van der Waals surface area contributed by atoms with Crippen LogP contribution in [0.2, 0.25) is 0 Å². The number of allylic oxidation sites excluding steroid dienone is 1. The fourth-order valence-electron chi connectivity index (χ4n) is 9.41. The van der Waals surface area contributed by atoms with Crippen LogP contribution in [-0.2, 0) is 20.1 Å². The molecule has 0 saturated heterocycles. The summed E-state index contributed by atoms with van der Waals surface area (Å²) in [6.45, 7) is 17.4. The number of pyridine rings is 1. The van der Waals surface area contributed by atoms with Crippen LogP contribution in [0, 0.1) is 35.0 Å². The van der Waals surface area contributed by atoms with Crippen LogP contribution in [0.5, 0.6) is 0 Å². The predicted octanol–water partition coefficient (Wildman–Crippen LogP) is 10.9. The molecule has 1 aliphatic heterocycles. The van der Waals surface area contributed by atoms with Crippen molar-refractivity contribution in [1.29, 1.82) is 0 Å². The number of hydrogen-bond acceptors (Lipinski definition) is 5. The number of benzene rings is 3. The SMILES string of the molecule is CC(O)CC(C)O.CC1(C)CC(C)(C)CC2(CCC(c3ccc4c(-c5[c-]cccc5)nccc4c3)CC2)C1.CC1=CN(c2[c-]cccc2)[CH-]N1C.[Ir+3]. The summed E-state index contributed by atoms with van der Waals surface area (Å²) >= 11 is 0. The first-order chi connectivity index (χ1) is 24.1. The Labute approximate surface area is 327 Å². The zero-order valence-corrected chi connectivity index (χ0v) is 35.0. The van der Waals surface area contributed by atoms with Crippen molar-refractivity contribution in [3.63, 3.8) is 0 Å². The van der Waals surface area contributed by atoms with Gasteiger partial charge in [0.1, 0.15) is 0 Å². The zero-order chi connectivity index (χ0) is 36.8. The van der Waals surface area contributed by atoms with Crippen molar-refractivity contribution in [2.75, 3.05) is 11.9 Å². The first-order valence-corrected chi connectivity index (χ1v) is 18.9. The van der Waals surface area contributed by atoms with E-state index in [1.54, 1.807) is 13.8 Å². The van der Waals surface area contributed by atoms with Crippen LogP contribution < -0.4 is 4.90 Å². The molecule has 2 saturated carbocycles. The fourth-order valence-corrected chi connectivity index (χ4v) is 9.41. The quantitative estimate of drug-likeness (QED) is 0.196. The van der Waals surface area contributed by atoms with E-state index < -0.39 is 0 Å². The minimum absolute atomic E-state index is 0. The third-order valence-corrected chi connectivity index (χ3v) is 10.8. The smallest absolute Gasteiger partial charge is 0.508 e. The molecule has 1 spiro atoms. The number of aliphatic hydroxyl groups is 2. The van der Waals surface area contributed by atoms with Crippen molar-refractivity contribution in [2.24, 2.45) is 16.2 Å². The van der Waals surface area contributed by atoms with Gasteiger partial charge in [-0.3, -0.25) is 0 Å². The van der Waals surface area contributed by atoms with Crippen LogP contribution in [0.1, 0.15) is 111 Å². The third-order valence-electron chi connectivity index (χ3n) is 10.8. The fraction of sp³-hybridized carbons (Fsp3) is 0.478. The van der Waals surface area contributed by atoms with Gasteiger partial charge in [0.05, 0.1) is 12.2 Å². The predicted molar refractivity (Wildman–Crippen MR) is 213 cm³/mol. The molecular weight excluding hydrogens is 819 g/mol. The van der Waals surface area contributed by atoms with Gasteiger partial charge < -0.3 is 25.0 Å². The standard InChI is InChI=1S/C30H36N.C11H12N2.C5H12O2.Ir/c1-28(2)19-29(3,4)21-30(20-28)15-12-22(13-16-30)24-10-11-26-25(18-24)14-17-31-27(26)23-8-6-5-7-9-23;1-10-8-13(9-12(10)2)11-6-4-3-5-7-11;1-4(6)3-5(2)7;/h5-8,10-11,14,17-18,22H,12-13,15-16,19-21H2,1-4H3;3-6,8-9H,1-2H3;4-7H,3H2,1-2H3;/q-1;-2;;+3. The van der Waals surface area contributed by atoms with E-state index in [1.807, 2.05) is 56.3 Å². The molecule has 3 aromatic carbocycles. The summed E-state index contributed by atoms with van der Waals surface area (Å²) in [6, 6.07) is 31.9. The molecule has 0 amide bonds. The zero-order valence-electron chi connectivity index (χ0n) is 32.6. The molecule has 5 nitrogen and oxygen atoms in total. The van der Waals surface area contributed by atoms with Crippen LogP contribution in [0.25, 0.3) is 22.0 Å². The average Bonchev–Trinajstić information content (AvgIpc) is 3.41. The van der Waals surface area contributed by atoms with Gasteiger partial charge in [-0.05, 0) is 141 Å². The Hall–Kier alpha value is -3.02. The second kappa shape index (κ2) is 17.9. The summed E-state index contributed by atoms with van der Waals surface area (Å²) < 4.78 is 0. The number of aliphatic hydroxyl groups excluding tert-OH is 2. The molecule has 7 rings (SSSR count). The van der Waals surface area contributed by atoms with Crippen LogP contribution in [-0.4, -0.2) is 39.4 Å². The minimum Gasteiger partial charge on any atom is -0.508 e. The van der Waals surface area contributed by atoms with Crippen molar-refractivity contribution < 1.29 is 30.3 Å². The molecule has 6 heteroatoms. The Bertz CT molecular complexity index is 1700. The molecule has 2 unspecified atom stereocenters. The minimum atomic E-state index is -0.375. The van der Waals surface area contributed by atoms with Gasteiger partial charge in [0, 0.05) is 6.20 Å². The van der Waals surface area contributed by atoms with Gasteiger partial charge in [-0.15, -0.1) is 41.6 Å². The number of aromatic nitrogens is 1. The van der Waals surface area contributed by atoms with Crippen molar-refractivity contribution in [2.45, 2.75) is 118 Å². The Morgan fingerprint density at radius 3 is 2.02 bits per heavy atom. The summed E-state index contributed by atoms with van der Waals surface area (Å²) in [7, 11) is 2.04. The molecule has 1 aromatic heterocycles. The van der Waals surface area contributed by atoms with Gasteiger partial charge in [-0.25, -0.2) is 0 Å². The Morgan fingerprint density at radius 1 is 0.865 bits per heavy atom. The first kappa shape index (κ1) is 41.7. The van der Waals surface area contributed by atoms with Crippen molar-refractivity contribution >= 4 is 16.5 Å². The molecule has 4 aromatic rings. The largest absolute Gasteiger partial charge is 3.00 e. The summed E-state index contributed by atoms with van der Waals surface area (Å²) in [5.74, 6) is 0.697. The van der Waals surface area contributed by atoms with Crippen molar-refractivity contribution in [1.82, 2.24) is 9.88 Å². The monoisotopic (exact) mass is 879 g/mol. The van der Waals surface area contributed by atoms with Gasteiger partial charge in [-0.1, -0.05) is 45.9 Å². The Kier molecular flexibility index (Phi) is 14.3. The maximum Gasteiger partial charge on any atom is 3.00 e. The normalized spacial score (nSPS) is 20.1. The molecule has 2 atom stereocenters. The number of nitrogens with zero attached hydrogens (tertiary/aromatic N) is 3. The molecule has 2 aliphatic carbocycles. The van der Waals surface area contributed by atoms with Crippen LogP contribution >= 0.6 is 0 Å². The number of fused-ring (bicyclic) bond motifs is 1. The number of anilines is 1. The van der Waals surface area contributed by atoms with E-state index in [-0.39, 0.29) is 32.3 Å². The Morgan fingerprint density at radius 2 is 1.50 bits per heavy atom. The molecule has 0 radical (unpaired) electrons. The van der Waals surface area contributed by atoms with E-state index in [1.165, 1.54) is 67.0 Å². The topological polar surface area (TPSA) is 59.8 Å². The molecule has 2 fully saturated rings. The summed E-state index contributed by atoms with van der Waals surface area (Å²) in [5, 5.41) is 19.7. The third kappa shape index (κ3) is 11.2. The van der Waals surface area contributed by atoms with E-state index >= 15 is 0 Å². The van der Waals surface area contributed by atoms with Crippen molar-refractivity contribution in [3.05, 3.63) is 115 Å². The van der Waals surface area contributed by atoms with Gasteiger partial charge >= 0.3 is 20.1 Å². The van der Waals surface area contributed by atoms with Gasteiger partial charge in [0.2, 0.25) is 0 Å². The second-order valence-electron chi connectivity index (χ2n) is 17.1. The maximum absolute atomic E-state index is 8.56.